The molecule has 1 saturated heterocycles. The molecule has 2 aromatic carbocycles. The van der Waals surface area contributed by atoms with Crippen LogP contribution < -0.4 is 4.74 Å². The topological polar surface area (TPSA) is 47.4 Å². The third-order valence-corrected chi connectivity index (χ3v) is 6.77. The Bertz CT molecular complexity index is 1020. The number of imidazole rings is 1. The smallest absolute Gasteiger partial charge is 0.229 e. The van der Waals surface area contributed by atoms with Crippen LogP contribution in [0.5, 0.6) is 5.75 Å². The predicted molar refractivity (Wildman–Crippen MR) is 124 cm³/mol. The van der Waals surface area contributed by atoms with E-state index in [2.05, 4.69) is 16.7 Å². The SMILES string of the molecule is CC(C)(CCl)C(=O)N1CCC(Cn2c(COc3ccccc3)nc3ccccc32)CC1. The fourth-order valence-electron chi connectivity index (χ4n) is 4.17. The fourth-order valence-corrected chi connectivity index (χ4v) is 4.28. The van der Waals surface area contributed by atoms with Crippen molar-refractivity contribution in [2.45, 2.75) is 39.8 Å². The van der Waals surface area contributed by atoms with Crippen molar-refractivity contribution in [2.24, 2.45) is 11.3 Å². The molecule has 0 saturated carbocycles. The Morgan fingerprint density at radius 2 is 1.77 bits per heavy atom. The highest BCUT2D eigenvalue weighted by Crippen LogP contribution is 2.28. The summed E-state index contributed by atoms with van der Waals surface area (Å²) in [6.07, 6.45) is 1.96. The maximum atomic E-state index is 12.7. The summed E-state index contributed by atoms with van der Waals surface area (Å²) in [5.74, 6) is 2.78. The van der Waals surface area contributed by atoms with Crippen LogP contribution in [-0.2, 0) is 17.9 Å². The number of piperidine rings is 1. The van der Waals surface area contributed by atoms with Crippen molar-refractivity contribution in [3.8, 4) is 5.75 Å². The molecule has 4 rings (SSSR count). The van der Waals surface area contributed by atoms with E-state index in [1.807, 2.05) is 61.2 Å². The number of amides is 1. The van der Waals surface area contributed by atoms with Crippen LogP contribution >= 0.6 is 11.6 Å². The second-order valence-electron chi connectivity index (χ2n) is 8.98. The Morgan fingerprint density at radius 3 is 2.48 bits per heavy atom. The van der Waals surface area contributed by atoms with Gasteiger partial charge in [0, 0.05) is 25.5 Å². The minimum Gasteiger partial charge on any atom is -0.486 e. The van der Waals surface area contributed by atoms with E-state index in [9.17, 15) is 4.79 Å². The maximum Gasteiger partial charge on any atom is 0.229 e. The third kappa shape index (κ3) is 4.87. The van der Waals surface area contributed by atoms with Gasteiger partial charge in [0.05, 0.1) is 16.4 Å². The minimum absolute atomic E-state index is 0.158. The van der Waals surface area contributed by atoms with Gasteiger partial charge in [0.15, 0.2) is 0 Å². The largest absolute Gasteiger partial charge is 0.486 e. The van der Waals surface area contributed by atoms with Crippen LogP contribution in [0.2, 0.25) is 0 Å². The Hall–Kier alpha value is -2.53. The number of hydrogen-bond acceptors (Lipinski definition) is 3. The number of fused-ring (bicyclic) bond motifs is 1. The summed E-state index contributed by atoms with van der Waals surface area (Å²) < 4.78 is 8.30. The van der Waals surface area contributed by atoms with Gasteiger partial charge in [0.25, 0.3) is 0 Å². The maximum absolute atomic E-state index is 12.7. The highest BCUT2D eigenvalue weighted by atomic mass is 35.5. The van der Waals surface area contributed by atoms with E-state index >= 15 is 0 Å². The number of halogens is 1. The summed E-state index contributed by atoms with van der Waals surface area (Å²) in [6.45, 7) is 6.73. The average molecular weight is 440 g/mol. The number of hydrogen-bond donors (Lipinski definition) is 0. The van der Waals surface area contributed by atoms with Crippen molar-refractivity contribution >= 4 is 28.5 Å². The Labute approximate surface area is 189 Å². The lowest BCUT2D eigenvalue weighted by Crippen LogP contribution is -2.46. The Balaban J connectivity index is 1.46. The van der Waals surface area contributed by atoms with Gasteiger partial charge < -0.3 is 14.2 Å². The molecular formula is C25H30ClN3O2. The first-order valence-electron chi connectivity index (χ1n) is 11.0. The van der Waals surface area contributed by atoms with Crippen molar-refractivity contribution in [1.82, 2.24) is 14.5 Å². The summed E-state index contributed by atoms with van der Waals surface area (Å²) in [5.41, 5.74) is 1.62. The molecule has 1 fully saturated rings. The van der Waals surface area contributed by atoms with Gasteiger partial charge in [-0.2, -0.15) is 0 Å². The number of nitrogens with zero attached hydrogens (tertiary/aromatic N) is 3. The van der Waals surface area contributed by atoms with E-state index in [4.69, 9.17) is 21.3 Å². The summed E-state index contributed by atoms with van der Waals surface area (Å²) in [4.78, 5) is 19.5. The summed E-state index contributed by atoms with van der Waals surface area (Å²) >= 11 is 6.01. The first kappa shape index (κ1) is 21.7. The van der Waals surface area contributed by atoms with Gasteiger partial charge in [-0.05, 0) is 56.9 Å². The number of likely N-dealkylation sites (tertiary alicyclic amines) is 1. The van der Waals surface area contributed by atoms with Crippen molar-refractivity contribution < 1.29 is 9.53 Å². The minimum atomic E-state index is -0.503. The molecule has 31 heavy (non-hydrogen) atoms. The Morgan fingerprint density at radius 1 is 1.10 bits per heavy atom. The monoisotopic (exact) mass is 439 g/mol. The van der Waals surface area contributed by atoms with Gasteiger partial charge in [-0.25, -0.2) is 4.98 Å². The molecule has 1 amide bonds. The molecule has 6 heteroatoms. The lowest BCUT2D eigenvalue weighted by atomic mass is 9.90. The molecule has 0 N–H and O–H groups in total. The zero-order valence-electron chi connectivity index (χ0n) is 18.3. The molecule has 0 spiro atoms. The standard InChI is InChI=1S/C25H30ClN3O2/c1-25(2,18-26)24(30)28-14-12-19(13-15-28)16-29-22-11-7-6-10-21(22)27-23(29)17-31-20-8-4-3-5-9-20/h3-11,19H,12-18H2,1-2H3. The highest BCUT2D eigenvalue weighted by Gasteiger charge is 2.33. The van der Waals surface area contributed by atoms with E-state index < -0.39 is 5.41 Å². The van der Waals surface area contributed by atoms with Crippen LogP contribution in [0.4, 0.5) is 0 Å². The number of aromatic nitrogens is 2. The number of ether oxygens (including phenoxy) is 1. The summed E-state index contributed by atoms with van der Waals surface area (Å²) in [7, 11) is 0. The van der Waals surface area contributed by atoms with E-state index in [1.54, 1.807) is 0 Å². The average Bonchev–Trinajstić information content (AvgIpc) is 3.15. The molecule has 1 aliphatic heterocycles. The molecular weight excluding hydrogens is 410 g/mol. The number of carbonyl (C=O) groups is 1. The second kappa shape index (κ2) is 9.31. The normalized spacial score (nSPS) is 15.4. The molecule has 1 aliphatic rings. The van der Waals surface area contributed by atoms with Crippen LogP contribution in [0, 0.1) is 11.3 Å². The predicted octanol–water partition coefficient (Wildman–Crippen LogP) is 5.12. The zero-order valence-corrected chi connectivity index (χ0v) is 19.0. The second-order valence-corrected chi connectivity index (χ2v) is 9.25. The van der Waals surface area contributed by atoms with Gasteiger partial charge in [-0.3, -0.25) is 4.79 Å². The number of carbonyl (C=O) groups excluding carboxylic acids is 1. The fraction of sp³-hybridized carbons (Fsp3) is 0.440. The first-order chi connectivity index (χ1) is 15.0. The van der Waals surface area contributed by atoms with Gasteiger partial charge in [-0.15, -0.1) is 11.6 Å². The van der Waals surface area contributed by atoms with E-state index in [-0.39, 0.29) is 5.91 Å². The molecule has 0 unspecified atom stereocenters. The number of alkyl halides is 1. The zero-order chi connectivity index (χ0) is 21.8. The number of rotatable bonds is 7. The van der Waals surface area contributed by atoms with Gasteiger partial charge in [0.2, 0.25) is 5.91 Å². The van der Waals surface area contributed by atoms with Crippen LogP contribution in [0.1, 0.15) is 32.5 Å². The van der Waals surface area contributed by atoms with E-state index in [0.717, 1.165) is 55.1 Å². The molecule has 0 aliphatic carbocycles. The first-order valence-corrected chi connectivity index (χ1v) is 11.5. The number of para-hydroxylation sites is 3. The van der Waals surface area contributed by atoms with Crippen LogP contribution in [-0.4, -0.2) is 39.3 Å². The molecule has 2 heterocycles. The Kier molecular flexibility index (Phi) is 6.51. The van der Waals surface area contributed by atoms with E-state index in [0.29, 0.717) is 18.4 Å². The molecule has 0 bridgehead atoms. The van der Waals surface area contributed by atoms with Crippen molar-refractivity contribution in [3.63, 3.8) is 0 Å². The van der Waals surface area contributed by atoms with Crippen LogP contribution in [0.15, 0.2) is 54.6 Å². The van der Waals surface area contributed by atoms with Gasteiger partial charge in [-0.1, -0.05) is 30.3 Å². The molecule has 5 nitrogen and oxygen atoms in total. The molecule has 3 aromatic rings. The molecule has 0 radical (unpaired) electrons. The lowest BCUT2D eigenvalue weighted by Gasteiger charge is -2.36. The quantitative estimate of drug-likeness (QED) is 0.480. The third-order valence-electron chi connectivity index (χ3n) is 6.10. The van der Waals surface area contributed by atoms with Gasteiger partial charge >= 0.3 is 0 Å². The summed E-state index contributed by atoms with van der Waals surface area (Å²) in [5, 5.41) is 0. The van der Waals surface area contributed by atoms with Crippen LogP contribution in [0.25, 0.3) is 11.0 Å². The molecule has 164 valence electrons. The van der Waals surface area contributed by atoms with Crippen LogP contribution in [0.3, 0.4) is 0 Å². The van der Waals surface area contributed by atoms with Gasteiger partial charge in [0.1, 0.15) is 18.2 Å². The highest BCUT2D eigenvalue weighted by molar-refractivity contribution is 6.19. The van der Waals surface area contributed by atoms with Crippen molar-refractivity contribution in [1.29, 1.82) is 0 Å². The summed E-state index contributed by atoms with van der Waals surface area (Å²) in [6, 6.07) is 18.1. The van der Waals surface area contributed by atoms with Crippen molar-refractivity contribution in [2.75, 3.05) is 19.0 Å². The molecule has 1 aromatic heterocycles. The van der Waals surface area contributed by atoms with Crippen molar-refractivity contribution in [3.05, 3.63) is 60.4 Å². The van der Waals surface area contributed by atoms with E-state index in [1.165, 1.54) is 0 Å². The number of benzene rings is 2. The molecule has 0 atom stereocenters. The lowest BCUT2D eigenvalue weighted by molar-refractivity contribution is -0.140.